The molecular formula is C13H17N3O2. The van der Waals surface area contributed by atoms with Gasteiger partial charge < -0.3 is 9.84 Å². The van der Waals surface area contributed by atoms with Gasteiger partial charge in [-0.05, 0) is 12.5 Å². The number of methoxy groups -OCH3 is 1. The molecule has 5 heteroatoms. The highest BCUT2D eigenvalue weighted by atomic mass is 16.5. The van der Waals surface area contributed by atoms with E-state index in [0.717, 1.165) is 18.5 Å². The van der Waals surface area contributed by atoms with E-state index < -0.39 is 6.10 Å². The van der Waals surface area contributed by atoms with Gasteiger partial charge in [-0.15, -0.1) is 0 Å². The summed E-state index contributed by atoms with van der Waals surface area (Å²) in [5.41, 5.74) is 1.46. The van der Waals surface area contributed by atoms with E-state index in [1.807, 2.05) is 10.9 Å². The van der Waals surface area contributed by atoms with Gasteiger partial charge in [-0.25, -0.2) is 0 Å². The molecule has 0 spiro atoms. The first-order valence-electron chi connectivity index (χ1n) is 5.94. The van der Waals surface area contributed by atoms with Crippen LogP contribution >= 0.6 is 0 Å². The van der Waals surface area contributed by atoms with Crippen LogP contribution in [0.1, 0.15) is 30.6 Å². The van der Waals surface area contributed by atoms with Gasteiger partial charge in [0.2, 0.25) is 0 Å². The summed E-state index contributed by atoms with van der Waals surface area (Å²) >= 11 is 0. The topological polar surface area (TPSA) is 60.2 Å². The summed E-state index contributed by atoms with van der Waals surface area (Å²) in [6.45, 7) is 2.94. The van der Waals surface area contributed by atoms with E-state index in [0.29, 0.717) is 11.3 Å². The minimum atomic E-state index is -0.724. The van der Waals surface area contributed by atoms with E-state index in [9.17, 15) is 5.11 Å². The average Bonchev–Trinajstić information content (AvgIpc) is 2.87. The summed E-state index contributed by atoms with van der Waals surface area (Å²) in [6.07, 6.45) is 7.06. The van der Waals surface area contributed by atoms with Crippen molar-refractivity contribution in [1.82, 2.24) is 14.8 Å². The Balaban J connectivity index is 2.20. The molecule has 0 bridgehead atoms. The predicted octanol–water partition coefficient (Wildman–Crippen LogP) is 1.78. The Kier molecular flexibility index (Phi) is 3.94. The standard InChI is InChI=1S/C13H17N3O2/c1-3-4-16-9-11(7-15-16)13(17)10-5-12(18-2)8-14-6-10/h5-9,13,17H,3-4H2,1-2H3. The highest BCUT2D eigenvalue weighted by molar-refractivity contribution is 5.30. The first kappa shape index (κ1) is 12.6. The molecule has 0 amide bonds. The van der Waals surface area contributed by atoms with Gasteiger partial charge in [-0.3, -0.25) is 9.67 Å². The third kappa shape index (κ3) is 2.68. The Labute approximate surface area is 106 Å². The van der Waals surface area contributed by atoms with Gasteiger partial charge in [-0.1, -0.05) is 6.92 Å². The molecule has 0 saturated carbocycles. The van der Waals surface area contributed by atoms with E-state index in [-0.39, 0.29) is 0 Å². The highest BCUT2D eigenvalue weighted by Crippen LogP contribution is 2.23. The maximum Gasteiger partial charge on any atom is 0.137 e. The molecule has 18 heavy (non-hydrogen) atoms. The number of pyridine rings is 1. The number of aliphatic hydroxyl groups excluding tert-OH is 1. The maximum atomic E-state index is 10.2. The molecule has 2 aromatic heterocycles. The van der Waals surface area contributed by atoms with Crippen molar-refractivity contribution < 1.29 is 9.84 Å². The molecule has 96 valence electrons. The van der Waals surface area contributed by atoms with E-state index >= 15 is 0 Å². The van der Waals surface area contributed by atoms with Gasteiger partial charge in [0.1, 0.15) is 11.9 Å². The minimum Gasteiger partial charge on any atom is -0.495 e. The third-order valence-electron chi connectivity index (χ3n) is 2.71. The van der Waals surface area contributed by atoms with Crippen LogP contribution < -0.4 is 4.74 Å². The normalized spacial score (nSPS) is 12.4. The smallest absolute Gasteiger partial charge is 0.137 e. The number of hydrogen-bond donors (Lipinski definition) is 1. The Morgan fingerprint density at radius 2 is 2.17 bits per heavy atom. The zero-order chi connectivity index (χ0) is 13.0. The molecule has 0 aromatic carbocycles. The molecule has 1 unspecified atom stereocenters. The number of rotatable bonds is 5. The molecule has 2 rings (SSSR count). The van der Waals surface area contributed by atoms with Crippen LogP contribution in [-0.2, 0) is 6.54 Å². The number of aliphatic hydroxyl groups is 1. The predicted molar refractivity (Wildman–Crippen MR) is 67.4 cm³/mol. The Morgan fingerprint density at radius 3 is 2.89 bits per heavy atom. The number of aromatic nitrogens is 3. The zero-order valence-electron chi connectivity index (χ0n) is 10.6. The van der Waals surface area contributed by atoms with Crippen LogP contribution in [0.15, 0.2) is 30.9 Å². The second-order valence-electron chi connectivity index (χ2n) is 4.10. The van der Waals surface area contributed by atoms with Crippen LogP contribution in [0.4, 0.5) is 0 Å². The highest BCUT2D eigenvalue weighted by Gasteiger charge is 2.13. The summed E-state index contributed by atoms with van der Waals surface area (Å²) < 4.78 is 6.92. The number of hydrogen-bond acceptors (Lipinski definition) is 4. The van der Waals surface area contributed by atoms with Crippen LogP contribution in [0, 0.1) is 0 Å². The second kappa shape index (κ2) is 5.64. The van der Waals surface area contributed by atoms with E-state index in [2.05, 4.69) is 17.0 Å². The van der Waals surface area contributed by atoms with Crippen LogP contribution in [0.5, 0.6) is 5.75 Å². The second-order valence-corrected chi connectivity index (χ2v) is 4.10. The molecule has 0 aliphatic rings. The van der Waals surface area contributed by atoms with Gasteiger partial charge >= 0.3 is 0 Å². The molecule has 0 radical (unpaired) electrons. The maximum absolute atomic E-state index is 10.2. The summed E-state index contributed by atoms with van der Waals surface area (Å²) in [7, 11) is 1.58. The quantitative estimate of drug-likeness (QED) is 0.875. The lowest BCUT2D eigenvalue weighted by Gasteiger charge is -2.09. The van der Waals surface area contributed by atoms with Crippen molar-refractivity contribution in [1.29, 1.82) is 0 Å². The van der Waals surface area contributed by atoms with Crippen LogP contribution in [0.2, 0.25) is 0 Å². The van der Waals surface area contributed by atoms with Crippen molar-refractivity contribution in [3.05, 3.63) is 42.0 Å². The Bertz CT molecular complexity index is 510. The molecule has 5 nitrogen and oxygen atoms in total. The fourth-order valence-corrected chi connectivity index (χ4v) is 1.76. The monoisotopic (exact) mass is 247 g/mol. The molecule has 0 fully saturated rings. The van der Waals surface area contributed by atoms with Gasteiger partial charge in [0.05, 0.1) is 19.5 Å². The molecule has 0 saturated heterocycles. The van der Waals surface area contributed by atoms with Crippen molar-refractivity contribution in [3.8, 4) is 5.75 Å². The molecule has 1 N–H and O–H groups in total. The number of nitrogens with zero attached hydrogens (tertiary/aromatic N) is 3. The lowest BCUT2D eigenvalue weighted by molar-refractivity contribution is 0.219. The van der Waals surface area contributed by atoms with Crippen molar-refractivity contribution in [2.75, 3.05) is 7.11 Å². The Morgan fingerprint density at radius 1 is 1.33 bits per heavy atom. The number of ether oxygens (including phenoxy) is 1. The summed E-state index contributed by atoms with van der Waals surface area (Å²) in [4.78, 5) is 4.03. The lowest BCUT2D eigenvalue weighted by Crippen LogP contribution is -2.00. The summed E-state index contributed by atoms with van der Waals surface area (Å²) in [5, 5.41) is 14.4. The first-order valence-corrected chi connectivity index (χ1v) is 5.94. The molecule has 2 heterocycles. The van der Waals surface area contributed by atoms with E-state index in [1.54, 1.807) is 31.8 Å². The first-order chi connectivity index (χ1) is 8.74. The average molecular weight is 247 g/mol. The van der Waals surface area contributed by atoms with Crippen molar-refractivity contribution in [2.45, 2.75) is 26.0 Å². The molecule has 2 aromatic rings. The van der Waals surface area contributed by atoms with E-state index in [4.69, 9.17) is 4.74 Å². The van der Waals surface area contributed by atoms with Gasteiger partial charge in [0.25, 0.3) is 0 Å². The lowest BCUT2D eigenvalue weighted by atomic mass is 10.1. The molecule has 0 aliphatic heterocycles. The summed E-state index contributed by atoms with van der Waals surface area (Å²) in [5.74, 6) is 0.632. The molecule has 1 atom stereocenters. The van der Waals surface area contributed by atoms with Gasteiger partial charge in [-0.2, -0.15) is 5.10 Å². The largest absolute Gasteiger partial charge is 0.495 e. The van der Waals surface area contributed by atoms with Gasteiger partial charge in [0, 0.05) is 30.1 Å². The van der Waals surface area contributed by atoms with Crippen LogP contribution in [0.3, 0.4) is 0 Å². The zero-order valence-corrected chi connectivity index (χ0v) is 10.6. The van der Waals surface area contributed by atoms with Gasteiger partial charge in [0.15, 0.2) is 0 Å². The minimum absolute atomic E-state index is 0.632. The molecular weight excluding hydrogens is 230 g/mol. The summed E-state index contributed by atoms with van der Waals surface area (Å²) in [6, 6.07) is 1.77. The van der Waals surface area contributed by atoms with Crippen LogP contribution in [0.25, 0.3) is 0 Å². The van der Waals surface area contributed by atoms with Crippen molar-refractivity contribution in [2.24, 2.45) is 0 Å². The number of aryl methyl sites for hydroxylation is 1. The SMILES string of the molecule is CCCn1cc(C(O)c2cncc(OC)c2)cn1. The fourth-order valence-electron chi connectivity index (χ4n) is 1.76. The van der Waals surface area contributed by atoms with E-state index in [1.165, 1.54) is 0 Å². The Hall–Kier alpha value is -1.88. The fraction of sp³-hybridized carbons (Fsp3) is 0.385. The van der Waals surface area contributed by atoms with Crippen LogP contribution in [-0.4, -0.2) is 27.0 Å². The molecule has 0 aliphatic carbocycles. The van der Waals surface area contributed by atoms with Crippen molar-refractivity contribution in [3.63, 3.8) is 0 Å². The third-order valence-corrected chi connectivity index (χ3v) is 2.71. The van der Waals surface area contributed by atoms with Crippen molar-refractivity contribution >= 4 is 0 Å².